The van der Waals surface area contributed by atoms with Crippen molar-refractivity contribution in [2.45, 2.75) is 0 Å². The third-order valence-corrected chi connectivity index (χ3v) is 7.87. The van der Waals surface area contributed by atoms with Crippen LogP contribution in [0.1, 0.15) is 16.7 Å². The summed E-state index contributed by atoms with van der Waals surface area (Å²) in [7, 11) is 0. The quantitative estimate of drug-likeness (QED) is 0.179. The highest BCUT2D eigenvalue weighted by Crippen LogP contribution is 2.39. The summed E-state index contributed by atoms with van der Waals surface area (Å²) in [4.78, 5) is 9.11. The van der Waals surface area contributed by atoms with Crippen LogP contribution in [0.3, 0.4) is 0 Å². The molecule has 6 rings (SSSR count). The van der Waals surface area contributed by atoms with Gasteiger partial charge in [0.1, 0.15) is 12.1 Å². The second kappa shape index (κ2) is 13.1. The first-order valence-corrected chi connectivity index (χ1v) is 14.5. The van der Waals surface area contributed by atoms with Crippen molar-refractivity contribution >= 4 is 28.4 Å². The maximum atomic E-state index is 9.50. The number of benzene rings is 6. The molecule has 0 fully saturated rings. The topological polar surface area (TPSA) is 83.3 Å². The zero-order chi connectivity index (χ0) is 32.8. The third-order valence-electron chi connectivity index (χ3n) is 7.87. The van der Waals surface area contributed by atoms with E-state index in [1.165, 1.54) is 0 Å². The molecule has 6 aromatic rings. The average Bonchev–Trinajstić information content (AvgIpc) is 3.15. The van der Waals surface area contributed by atoms with Crippen molar-refractivity contribution in [2.75, 3.05) is 4.90 Å². The average molecular weight is 599 g/mol. The molecule has 0 amide bonds. The van der Waals surface area contributed by atoms with Crippen LogP contribution in [0.15, 0.2) is 133 Å². The van der Waals surface area contributed by atoms with Gasteiger partial charge >= 0.3 is 0 Å². The molecule has 0 saturated carbocycles. The second-order valence-electron chi connectivity index (χ2n) is 10.6. The van der Waals surface area contributed by atoms with Gasteiger partial charge < -0.3 is 4.90 Å². The van der Waals surface area contributed by atoms with Crippen LogP contribution in [-0.4, -0.2) is 0 Å². The van der Waals surface area contributed by atoms with Gasteiger partial charge in [-0.2, -0.15) is 15.8 Å². The minimum Gasteiger partial charge on any atom is -0.311 e. The Morgan fingerprint density at radius 3 is 1.26 bits per heavy atom. The summed E-state index contributed by atoms with van der Waals surface area (Å²) in [5, 5.41) is 28.0. The molecule has 0 atom stereocenters. The van der Waals surface area contributed by atoms with Crippen LogP contribution in [0.4, 0.5) is 28.4 Å². The van der Waals surface area contributed by atoms with E-state index in [1.54, 1.807) is 24.3 Å². The molecule has 0 unspecified atom stereocenters. The summed E-state index contributed by atoms with van der Waals surface area (Å²) in [5.41, 5.74) is 10.3. The first-order valence-electron chi connectivity index (χ1n) is 14.5. The molecule has 0 heterocycles. The van der Waals surface area contributed by atoms with Crippen LogP contribution in [0.25, 0.3) is 43.1 Å². The Bertz CT molecular complexity index is 2200. The Morgan fingerprint density at radius 2 is 0.809 bits per heavy atom. The van der Waals surface area contributed by atoms with Crippen LogP contribution >= 0.6 is 0 Å². The van der Waals surface area contributed by atoms with E-state index in [9.17, 15) is 10.5 Å². The van der Waals surface area contributed by atoms with Crippen molar-refractivity contribution in [3.8, 4) is 51.6 Å². The summed E-state index contributed by atoms with van der Waals surface area (Å²) in [6.07, 6.45) is 0. The van der Waals surface area contributed by atoms with Crippen LogP contribution < -0.4 is 4.90 Å². The molecule has 0 N–H and O–H groups in total. The van der Waals surface area contributed by atoms with Gasteiger partial charge in [-0.25, -0.2) is 0 Å². The minimum atomic E-state index is 0.329. The van der Waals surface area contributed by atoms with Gasteiger partial charge in [0.25, 0.3) is 0 Å². The van der Waals surface area contributed by atoms with Crippen LogP contribution in [-0.2, 0) is 0 Å². The highest BCUT2D eigenvalue weighted by molar-refractivity contribution is 5.83. The number of hydrogen-bond acceptors (Lipinski definition) is 4. The number of rotatable bonds is 6. The van der Waals surface area contributed by atoms with Gasteiger partial charge in [0.2, 0.25) is 0 Å². The van der Waals surface area contributed by atoms with E-state index in [4.69, 9.17) is 18.4 Å². The molecule has 6 nitrogen and oxygen atoms in total. The van der Waals surface area contributed by atoms with Crippen molar-refractivity contribution in [2.24, 2.45) is 0 Å². The van der Waals surface area contributed by atoms with E-state index in [0.717, 1.165) is 50.4 Å². The maximum Gasteiger partial charge on any atom is 0.195 e. The van der Waals surface area contributed by atoms with E-state index in [1.807, 2.05) is 84.9 Å². The van der Waals surface area contributed by atoms with Crippen LogP contribution in [0, 0.1) is 47.1 Å². The maximum absolute atomic E-state index is 9.50. The Morgan fingerprint density at radius 1 is 0.404 bits per heavy atom. The molecular weight excluding hydrogens is 576 g/mol. The zero-order valence-electron chi connectivity index (χ0n) is 24.9. The lowest BCUT2D eigenvalue weighted by Crippen LogP contribution is -2.09. The summed E-state index contributed by atoms with van der Waals surface area (Å²) < 4.78 is 0. The van der Waals surface area contributed by atoms with E-state index in [0.29, 0.717) is 28.1 Å². The fraction of sp³-hybridized carbons (Fsp3) is 0. The van der Waals surface area contributed by atoms with Gasteiger partial charge in [-0.05, 0) is 94.0 Å². The number of anilines is 3. The fourth-order valence-electron chi connectivity index (χ4n) is 5.39. The molecule has 6 heteroatoms. The molecule has 6 aromatic carbocycles. The summed E-state index contributed by atoms with van der Waals surface area (Å²) >= 11 is 0. The standard InChI is InChI=1S/C41H22N6/c1-45-40-22-15-34(24-41(40)46-2)32-13-20-39(21-14-32)47(37-16-9-30(10-17-37)29-5-3-28(25-42)4-6-29)38-18-11-31(12-19-38)33-7-8-35(26-43)36(23-33)27-44/h3-24H. The van der Waals surface area contributed by atoms with Gasteiger partial charge in [-0.1, -0.05) is 72.8 Å². The largest absolute Gasteiger partial charge is 0.311 e. The van der Waals surface area contributed by atoms with E-state index in [-0.39, 0.29) is 0 Å². The number of nitrogens with zero attached hydrogens (tertiary/aromatic N) is 6. The first-order chi connectivity index (χ1) is 23.0. The molecule has 216 valence electrons. The summed E-state index contributed by atoms with van der Waals surface area (Å²) in [5.74, 6) is 0. The Balaban J connectivity index is 1.38. The van der Waals surface area contributed by atoms with E-state index in [2.05, 4.69) is 57.1 Å². The van der Waals surface area contributed by atoms with Gasteiger partial charge in [0.05, 0.1) is 35.9 Å². The van der Waals surface area contributed by atoms with Gasteiger partial charge in [0.15, 0.2) is 11.4 Å². The lowest BCUT2D eigenvalue weighted by molar-refractivity contribution is 1.28. The third kappa shape index (κ3) is 6.02. The highest BCUT2D eigenvalue weighted by atomic mass is 15.1. The SMILES string of the molecule is [C-]#[N+]c1ccc(-c2ccc(N(c3ccc(-c4ccc(C#N)cc4)cc3)c3ccc(-c4ccc(C#N)c(C#N)c4)cc3)cc2)cc1[N+]#[C-]. The molecule has 0 aliphatic rings. The normalized spacial score (nSPS) is 10.0. The molecule has 0 bridgehead atoms. The molecule has 0 saturated heterocycles. The molecule has 47 heavy (non-hydrogen) atoms. The molecule has 0 aliphatic heterocycles. The lowest BCUT2D eigenvalue weighted by atomic mass is 9.99. The second-order valence-corrected chi connectivity index (χ2v) is 10.6. The van der Waals surface area contributed by atoms with Crippen molar-refractivity contribution in [1.29, 1.82) is 15.8 Å². The number of hydrogen-bond donors (Lipinski definition) is 0. The smallest absolute Gasteiger partial charge is 0.195 e. The lowest BCUT2D eigenvalue weighted by Gasteiger charge is -2.26. The molecule has 0 aromatic heterocycles. The van der Waals surface area contributed by atoms with Crippen molar-refractivity contribution < 1.29 is 0 Å². The van der Waals surface area contributed by atoms with Crippen molar-refractivity contribution in [3.63, 3.8) is 0 Å². The molecule has 0 radical (unpaired) electrons. The predicted octanol–water partition coefficient (Wildman–Crippen LogP) is 10.9. The number of nitriles is 3. The van der Waals surface area contributed by atoms with Crippen molar-refractivity contribution in [3.05, 3.63) is 173 Å². The van der Waals surface area contributed by atoms with Crippen LogP contribution in [0.2, 0.25) is 0 Å². The molecular formula is C41H22N6. The van der Waals surface area contributed by atoms with Gasteiger partial charge in [0, 0.05) is 17.1 Å². The Hall–Kier alpha value is -7.43. The Labute approximate surface area is 273 Å². The van der Waals surface area contributed by atoms with Crippen LogP contribution in [0.5, 0.6) is 0 Å². The molecule has 0 aliphatic carbocycles. The Kier molecular flexibility index (Phi) is 8.23. The van der Waals surface area contributed by atoms with Gasteiger partial charge in [-0.15, -0.1) is 0 Å². The van der Waals surface area contributed by atoms with Gasteiger partial charge in [-0.3, -0.25) is 9.69 Å². The highest BCUT2D eigenvalue weighted by Gasteiger charge is 2.15. The summed E-state index contributed by atoms with van der Waals surface area (Å²) in [6, 6.07) is 48.7. The molecule has 0 spiro atoms. The summed E-state index contributed by atoms with van der Waals surface area (Å²) in [6.45, 7) is 14.8. The fourth-order valence-corrected chi connectivity index (χ4v) is 5.39. The predicted molar refractivity (Wildman–Crippen MR) is 184 cm³/mol. The van der Waals surface area contributed by atoms with Crippen molar-refractivity contribution in [1.82, 2.24) is 0 Å². The van der Waals surface area contributed by atoms with E-state index >= 15 is 0 Å². The monoisotopic (exact) mass is 598 g/mol. The minimum absolute atomic E-state index is 0.329. The zero-order valence-corrected chi connectivity index (χ0v) is 24.9. The first kappa shape index (κ1) is 29.6. The van der Waals surface area contributed by atoms with E-state index < -0.39 is 0 Å².